The van der Waals surface area contributed by atoms with Crippen molar-refractivity contribution in [2.75, 3.05) is 0 Å². The second-order valence-corrected chi connectivity index (χ2v) is 8.58. The predicted molar refractivity (Wildman–Crippen MR) is 74.6 cm³/mol. The Bertz CT molecular complexity index is 387. The molecule has 0 aromatic heterocycles. The molecule has 0 saturated heterocycles. The van der Waals surface area contributed by atoms with E-state index in [-0.39, 0.29) is 5.92 Å². The number of Topliss-reactive ketones (excluding diaryl/α,β-unsaturated/α-hetero) is 1. The number of rotatable bonds is 1. The molecule has 3 fully saturated rings. The summed E-state index contributed by atoms with van der Waals surface area (Å²) in [5.74, 6) is 3.39. The molecule has 0 bridgehead atoms. The first-order chi connectivity index (χ1) is 8.27. The van der Waals surface area contributed by atoms with Crippen LogP contribution in [-0.2, 0) is 4.79 Å². The van der Waals surface area contributed by atoms with E-state index in [1.54, 1.807) is 0 Å². The lowest BCUT2D eigenvalue weighted by atomic mass is 9.49. The molecule has 3 rings (SSSR count). The Morgan fingerprint density at radius 1 is 1.28 bits per heavy atom. The van der Waals surface area contributed by atoms with Gasteiger partial charge in [0.2, 0.25) is 0 Å². The third-order valence-corrected chi connectivity index (χ3v) is 6.98. The smallest absolute Gasteiger partial charge is 0.157 e. The Kier molecular flexibility index (Phi) is 2.70. The molecule has 0 N–H and O–H groups in total. The fourth-order valence-electron chi connectivity index (χ4n) is 5.30. The highest BCUT2D eigenvalue weighted by Gasteiger charge is 2.65. The lowest BCUT2D eigenvalue weighted by molar-refractivity contribution is -0.149. The standard InChI is InChI=1S/C16H25ClO/c1-9(2)10-5-6-15(3)8-13-11(7-12(10)15)14(18)16(13,4)17/h9-13H,5-8H2,1-4H3/t10-,11+,12-,13-,15+,16+/m0/s1. The third kappa shape index (κ3) is 1.49. The summed E-state index contributed by atoms with van der Waals surface area (Å²) in [6.45, 7) is 9.08. The summed E-state index contributed by atoms with van der Waals surface area (Å²) in [7, 11) is 0. The number of ketones is 1. The summed E-state index contributed by atoms with van der Waals surface area (Å²) in [6.07, 6.45) is 4.98. The van der Waals surface area contributed by atoms with E-state index in [9.17, 15) is 4.79 Å². The van der Waals surface area contributed by atoms with E-state index >= 15 is 0 Å². The Hall–Kier alpha value is -0.0400. The van der Waals surface area contributed by atoms with Crippen LogP contribution in [0.15, 0.2) is 0 Å². The second-order valence-electron chi connectivity index (χ2n) is 7.80. The van der Waals surface area contributed by atoms with Crippen molar-refractivity contribution in [3.63, 3.8) is 0 Å². The Balaban J connectivity index is 1.86. The summed E-state index contributed by atoms with van der Waals surface area (Å²) in [4.78, 5) is 11.6. The zero-order valence-electron chi connectivity index (χ0n) is 12.0. The van der Waals surface area contributed by atoms with Gasteiger partial charge in [-0.2, -0.15) is 0 Å². The highest BCUT2D eigenvalue weighted by atomic mass is 35.5. The molecule has 0 spiro atoms. The van der Waals surface area contributed by atoms with Gasteiger partial charge in [0, 0.05) is 5.92 Å². The lowest BCUT2D eigenvalue weighted by Gasteiger charge is -2.57. The van der Waals surface area contributed by atoms with Crippen LogP contribution in [0.4, 0.5) is 0 Å². The quantitative estimate of drug-likeness (QED) is 0.649. The van der Waals surface area contributed by atoms with Gasteiger partial charge in [0.1, 0.15) is 4.87 Å². The Labute approximate surface area is 116 Å². The molecular weight excluding hydrogens is 244 g/mol. The van der Waals surface area contributed by atoms with Gasteiger partial charge in [-0.1, -0.05) is 20.8 Å². The van der Waals surface area contributed by atoms with Crippen LogP contribution in [-0.4, -0.2) is 10.7 Å². The van der Waals surface area contributed by atoms with Crippen LogP contribution in [0.3, 0.4) is 0 Å². The summed E-state index contributed by atoms with van der Waals surface area (Å²) >= 11 is 6.43. The summed E-state index contributed by atoms with van der Waals surface area (Å²) in [5, 5.41) is 0. The van der Waals surface area contributed by atoms with E-state index in [1.165, 1.54) is 19.3 Å². The number of carbonyl (C=O) groups is 1. The molecule has 0 unspecified atom stereocenters. The summed E-state index contributed by atoms with van der Waals surface area (Å²) in [5.41, 5.74) is 0.451. The van der Waals surface area contributed by atoms with Crippen molar-refractivity contribution < 1.29 is 4.79 Å². The van der Waals surface area contributed by atoms with Gasteiger partial charge in [0.25, 0.3) is 0 Å². The maximum Gasteiger partial charge on any atom is 0.157 e. The normalized spacial score (nSPS) is 55.1. The molecule has 2 heteroatoms. The number of fused-ring (bicyclic) bond motifs is 2. The topological polar surface area (TPSA) is 17.1 Å². The van der Waals surface area contributed by atoms with Crippen molar-refractivity contribution in [2.45, 2.75) is 58.3 Å². The fraction of sp³-hybridized carbons (Fsp3) is 0.938. The lowest BCUT2D eigenvalue weighted by Crippen LogP contribution is -2.62. The van der Waals surface area contributed by atoms with Crippen LogP contribution in [0.2, 0.25) is 0 Å². The minimum Gasteiger partial charge on any atom is -0.297 e. The number of halogens is 1. The van der Waals surface area contributed by atoms with Crippen molar-refractivity contribution in [2.24, 2.45) is 35.0 Å². The molecule has 0 aromatic carbocycles. The largest absolute Gasteiger partial charge is 0.297 e. The maximum absolute atomic E-state index is 12.2. The SMILES string of the molecule is CC(C)[C@@H]1CC[C@]2(C)C[C@H]3[C@@H](C[C@@H]12)C(=O)[C@]3(C)Cl. The highest BCUT2D eigenvalue weighted by molar-refractivity contribution is 6.38. The average Bonchev–Trinajstić information content (AvgIpc) is 2.63. The van der Waals surface area contributed by atoms with E-state index in [2.05, 4.69) is 20.8 Å². The molecule has 0 amide bonds. The number of carbonyl (C=O) groups excluding carboxylic acids is 1. The molecule has 18 heavy (non-hydrogen) atoms. The van der Waals surface area contributed by atoms with Crippen LogP contribution in [0.25, 0.3) is 0 Å². The number of alkyl halides is 1. The van der Waals surface area contributed by atoms with Crippen molar-refractivity contribution in [1.82, 2.24) is 0 Å². The van der Waals surface area contributed by atoms with Crippen LogP contribution < -0.4 is 0 Å². The van der Waals surface area contributed by atoms with Crippen LogP contribution >= 0.6 is 11.6 Å². The summed E-state index contributed by atoms with van der Waals surface area (Å²) in [6, 6.07) is 0. The highest BCUT2D eigenvalue weighted by Crippen LogP contribution is 2.65. The zero-order valence-corrected chi connectivity index (χ0v) is 12.8. The third-order valence-electron chi connectivity index (χ3n) is 6.51. The molecule has 0 radical (unpaired) electrons. The summed E-state index contributed by atoms with van der Waals surface area (Å²) < 4.78 is 0. The van der Waals surface area contributed by atoms with Gasteiger partial charge in [-0.3, -0.25) is 4.79 Å². The average molecular weight is 269 g/mol. The maximum atomic E-state index is 12.2. The molecule has 0 aromatic rings. The minimum atomic E-state index is -0.547. The first-order valence-electron chi connectivity index (χ1n) is 7.50. The van der Waals surface area contributed by atoms with E-state index in [0.29, 0.717) is 17.1 Å². The van der Waals surface area contributed by atoms with Gasteiger partial charge in [-0.15, -0.1) is 11.6 Å². The van der Waals surface area contributed by atoms with Gasteiger partial charge < -0.3 is 0 Å². The van der Waals surface area contributed by atoms with Crippen LogP contribution in [0.1, 0.15) is 53.4 Å². The Morgan fingerprint density at radius 3 is 2.56 bits per heavy atom. The van der Waals surface area contributed by atoms with Gasteiger partial charge >= 0.3 is 0 Å². The molecule has 3 saturated carbocycles. The predicted octanol–water partition coefficient (Wildman–Crippen LogP) is 4.28. The second kappa shape index (κ2) is 3.75. The minimum absolute atomic E-state index is 0.282. The van der Waals surface area contributed by atoms with Gasteiger partial charge in [-0.05, 0) is 61.7 Å². The van der Waals surface area contributed by atoms with E-state index in [0.717, 1.165) is 24.2 Å². The van der Waals surface area contributed by atoms with Gasteiger partial charge in [0.15, 0.2) is 5.78 Å². The monoisotopic (exact) mass is 268 g/mol. The number of hydrogen-bond acceptors (Lipinski definition) is 1. The molecule has 0 heterocycles. The fourth-order valence-corrected chi connectivity index (χ4v) is 5.67. The van der Waals surface area contributed by atoms with Gasteiger partial charge in [-0.25, -0.2) is 0 Å². The van der Waals surface area contributed by atoms with Gasteiger partial charge in [0.05, 0.1) is 0 Å². The van der Waals surface area contributed by atoms with Crippen molar-refractivity contribution in [3.8, 4) is 0 Å². The molecule has 3 aliphatic carbocycles. The molecule has 1 nitrogen and oxygen atoms in total. The van der Waals surface area contributed by atoms with Crippen LogP contribution in [0.5, 0.6) is 0 Å². The van der Waals surface area contributed by atoms with Crippen molar-refractivity contribution >= 4 is 17.4 Å². The number of hydrogen-bond donors (Lipinski definition) is 0. The van der Waals surface area contributed by atoms with Crippen molar-refractivity contribution in [1.29, 1.82) is 0 Å². The van der Waals surface area contributed by atoms with E-state index in [4.69, 9.17) is 11.6 Å². The molecular formula is C16H25ClO. The first-order valence-corrected chi connectivity index (χ1v) is 7.88. The van der Waals surface area contributed by atoms with Crippen molar-refractivity contribution in [3.05, 3.63) is 0 Å². The molecule has 3 aliphatic rings. The van der Waals surface area contributed by atoms with E-state index < -0.39 is 4.87 Å². The zero-order chi connectivity index (χ0) is 13.3. The molecule has 102 valence electrons. The van der Waals surface area contributed by atoms with E-state index in [1.807, 2.05) is 6.92 Å². The van der Waals surface area contributed by atoms with Crippen LogP contribution in [0, 0.1) is 35.0 Å². The molecule has 0 aliphatic heterocycles. The first kappa shape index (κ1) is 13.0. The Morgan fingerprint density at radius 2 is 1.94 bits per heavy atom. The molecule has 6 atom stereocenters.